The minimum atomic E-state index is -0.329. The van der Waals surface area contributed by atoms with Crippen molar-refractivity contribution in [3.8, 4) is 0 Å². The summed E-state index contributed by atoms with van der Waals surface area (Å²) in [5.74, 6) is -0.480. The van der Waals surface area contributed by atoms with Crippen LogP contribution in [0.3, 0.4) is 0 Å². The zero-order valence-corrected chi connectivity index (χ0v) is 9.68. The van der Waals surface area contributed by atoms with Crippen LogP contribution >= 0.6 is 15.9 Å². The van der Waals surface area contributed by atoms with Gasteiger partial charge in [0.15, 0.2) is 0 Å². The molecule has 1 rings (SSSR count). The molecule has 0 bridgehead atoms. The van der Waals surface area contributed by atoms with E-state index in [9.17, 15) is 9.18 Å². The fourth-order valence-corrected chi connectivity index (χ4v) is 1.23. The van der Waals surface area contributed by atoms with Crippen molar-refractivity contribution in [1.29, 1.82) is 0 Å². The lowest BCUT2D eigenvalue weighted by atomic mass is 10.1. The summed E-state index contributed by atoms with van der Waals surface area (Å²) in [5.41, 5.74) is 0.660. The Morgan fingerprint density at radius 1 is 1.53 bits per heavy atom. The van der Waals surface area contributed by atoms with Crippen LogP contribution in [0.4, 0.5) is 4.39 Å². The average molecular weight is 272 g/mol. The maximum atomic E-state index is 12.8. The number of amides is 1. The highest BCUT2D eigenvalue weighted by Crippen LogP contribution is 2.04. The van der Waals surface area contributed by atoms with Gasteiger partial charge in [0.05, 0.1) is 6.42 Å². The molecule has 0 spiro atoms. The van der Waals surface area contributed by atoms with Crippen molar-refractivity contribution in [3.63, 3.8) is 0 Å². The third-order valence-electron chi connectivity index (χ3n) is 1.73. The molecule has 0 aromatic heterocycles. The maximum absolute atomic E-state index is 12.8. The molecular weight excluding hydrogens is 261 g/mol. The van der Waals surface area contributed by atoms with Crippen molar-refractivity contribution in [2.75, 3.05) is 6.54 Å². The standard InChI is InChI=1S/C11H11BrFNO/c1-8(12)7-14-11(15)6-9-3-2-4-10(13)5-9/h2-5H,1,6-7H2,(H,14,15). The molecule has 0 unspecified atom stereocenters. The van der Waals surface area contributed by atoms with Gasteiger partial charge in [0, 0.05) is 11.0 Å². The number of rotatable bonds is 4. The minimum Gasteiger partial charge on any atom is -0.351 e. The molecule has 1 aromatic rings. The van der Waals surface area contributed by atoms with Crippen LogP contribution in [0.25, 0.3) is 0 Å². The van der Waals surface area contributed by atoms with Crippen molar-refractivity contribution in [1.82, 2.24) is 5.32 Å². The van der Waals surface area contributed by atoms with E-state index in [0.29, 0.717) is 16.6 Å². The van der Waals surface area contributed by atoms with E-state index in [4.69, 9.17) is 0 Å². The SMILES string of the molecule is C=C(Br)CNC(=O)Cc1cccc(F)c1. The molecule has 4 heteroatoms. The molecule has 0 aliphatic rings. The van der Waals surface area contributed by atoms with E-state index < -0.39 is 0 Å². The van der Waals surface area contributed by atoms with Gasteiger partial charge >= 0.3 is 0 Å². The highest BCUT2D eigenvalue weighted by Gasteiger charge is 2.03. The molecule has 15 heavy (non-hydrogen) atoms. The first-order chi connectivity index (χ1) is 7.08. The Balaban J connectivity index is 2.48. The number of hydrogen-bond donors (Lipinski definition) is 1. The lowest BCUT2D eigenvalue weighted by Gasteiger charge is -2.03. The Morgan fingerprint density at radius 2 is 2.27 bits per heavy atom. The first kappa shape index (κ1) is 11.9. The first-order valence-corrected chi connectivity index (χ1v) is 5.21. The highest BCUT2D eigenvalue weighted by molar-refractivity contribution is 9.11. The van der Waals surface area contributed by atoms with Crippen LogP contribution < -0.4 is 5.32 Å². The van der Waals surface area contributed by atoms with Crippen LogP contribution in [0.15, 0.2) is 35.3 Å². The van der Waals surface area contributed by atoms with Crippen LogP contribution in [0.2, 0.25) is 0 Å². The topological polar surface area (TPSA) is 29.1 Å². The monoisotopic (exact) mass is 271 g/mol. The van der Waals surface area contributed by atoms with Gasteiger partial charge < -0.3 is 5.32 Å². The van der Waals surface area contributed by atoms with Crippen LogP contribution in [0.1, 0.15) is 5.56 Å². The van der Waals surface area contributed by atoms with Crippen LogP contribution in [-0.2, 0) is 11.2 Å². The smallest absolute Gasteiger partial charge is 0.224 e. The lowest BCUT2D eigenvalue weighted by Crippen LogP contribution is -2.26. The van der Waals surface area contributed by atoms with Gasteiger partial charge in [-0.2, -0.15) is 0 Å². The number of nitrogens with one attached hydrogen (secondary N) is 1. The van der Waals surface area contributed by atoms with Crippen molar-refractivity contribution < 1.29 is 9.18 Å². The number of carbonyl (C=O) groups excluding carboxylic acids is 1. The fourth-order valence-electron chi connectivity index (χ4n) is 1.09. The van der Waals surface area contributed by atoms with Crippen molar-refractivity contribution in [3.05, 3.63) is 46.7 Å². The van der Waals surface area contributed by atoms with Gasteiger partial charge in [-0.1, -0.05) is 34.6 Å². The molecule has 0 fully saturated rings. The van der Waals surface area contributed by atoms with Gasteiger partial charge in [0.1, 0.15) is 5.82 Å². The summed E-state index contributed by atoms with van der Waals surface area (Å²) in [4.78, 5) is 11.3. The summed E-state index contributed by atoms with van der Waals surface area (Å²) in [7, 11) is 0. The number of hydrogen-bond acceptors (Lipinski definition) is 1. The van der Waals surface area contributed by atoms with E-state index in [1.807, 2.05) is 0 Å². The summed E-state index contributed by atoms with van der Waals surface area (Å²) in [6, 6.07) is 6.00. The number of carbonyl (C=O) groups is 1. The van der Waals surface area contributed by atoms with E-state index in [2.05, 4.69) is 27.8 Å². The van der Waals surface area contributed by atoms with E-state index in [0.717, 1.165) is 0 Å². The molecular formula is C11H11BrFNO. The molecule has 1 amide bonds. The summed E-state index contributed by atoms with van der Waals surface area (Å²) >= 11 is 3.13. The fraction of sp³-hybridized carbons (Fsp3) is 0.182. The highest BCUT2D eigenvalue weighted by atomic mass is 79.9. The largest absolute Gasteiger partial charge is 0.351 e. The summed E-state index contributed by atoms with van der Waals surface area (Å²) in [5, 5.41) is 2.64. The molecule has 0 aliphatic heterocycles. The molecule has 1 N–H and O–H groups in total. The Labute approximate surface area is 96.3 Å². The van der Waals surface area contributed by atoms with Gasteiger partial charge in [0.2, 0.25) is 5.91 Å². The quantitative estimate of drug-likeness (QED) is 0.895. The molecule has 0 saturated carbocycles. The van der Waals surface area contributed by atoms with Gasteiger partial charge in [-0.25, -0.2) is 4.39 Å². The Bertz CT molecular complexity index is 379. The van der Waals surface area contributed by atoms with Crippen LogP contribution in [-0.4, -0.2) is 12.5 Å². The van der Waals surface area contributed by atoms with Gasteiger partial charge in [-0.05, 0) is 17.7 Å². The molecule has 0 saturated heterocycles. The normalized spacial score (nSPS) is 9.73. The summed E-state index contributed by atoms with van der Waals surface area (Å²) < 4.78 is 13.5. The van der Waals surface area contributed by atoms with Gasteiger partial charge in [-0.3, -0.25) is 4.79 Å². The Morgan fingerprint density at radius 3 is 2.87 bits per heavy atom. The molecule has 2 nitrogen and oxygen atoms in total. The predicted octanol–water partition coefficient (Wildman–Crippen LogP) is 2.39. The summed E-state index contributed by atoms with van der Waals surface area (Å²) in [6.07, 6.45) is 0.179. The van der Waals surface area contributed by atoms with E-state index in [1.54, 1.807) is 12.1 Å². The molecule has 80 valence electrons. The first-order valence-electron chi connectivity index (χ1n) is 4.42. The summed E-state index contributed by atoms with van der Waals surface area (Å²) in [6.45, 7) is 3.97. The maximum Gasteiger partial charge on any atom is 0.224 e. The average Bonchev–Trinajstić information content (AvgIpc) is 2.15. The van der Waals surface area contributed by atoms with Crippen LogP contribution in [0, 0.1) is 5.82 Å². The van der Waals surface area contributed by atoms with Crippen LogP contribution in [0.5, 0.6) is 0 Å². The van der Waals surface area contributed by atoms with Crippen molar-refractivity contribution in [2.45, 2.75) is 6.42 Å². The number of benzene rings is 1. The van der Waals surface area contributed by atoms with E-state index in [1.165, 1.54) is 12.1 Å². The Kier molecular flexibility index (Phi) is 4.49. The third-order valence-corrected chi connectivity index (χ3v) is 2.01. The Hall–Kier alpha value is -1.16. The lowest BCUT2D eigenvalue weighted by molar-refractivity contribution is -0.120. The van der Waals surface area contributed by atoms with Crippen molar-refractivity contribution >= 4 is 21.8 Å². The number of halogens is 2. The molecule has 1 aromatic carbocycles. The molecule has 0 heterocycles. The van der Waals surface area contributed by atoms with E-state index in [-0.39, 0.29) is 18.1 Å². The molecule has 0 aliphatic carbocycles. The van der Waals surface area contributed by atoms with Gasteiger partial charge in [-0.15, -0.1) is 0 Å². The zero-order valence-electron chi connectivity index (χ0n) is 8.09. The third kappa shape index (κ3) is 4.74. The zero-order chi connectivity index (χ0) is 11.3. The second-order valence-electron chi connectivity index (χ2n) is 3.10. The predicted molar refractivity (Wildman–Crippen MR) is 61.2 cm³/mol. The van der Waals surface area contributed by atoms with E-state index >= 15 is 0 Å². The molecule has 0 atom stereocenters. The van der Waals surface area contributed by atoms with Gasteiger partial charge in [0.25, 0.3) is 0 Å². The minimum absolute atomic E-state index is 0.152. The molecule has 0 radical (unpaired) electrons. The second kappa shape index (κ2) is 5.66. The van der Waals surface area contributed by atoms with Crippen molar-refractivity contribution in [2.24, 2.45) is 0 Å². The second-order valence-corrected chi connectivity index (χ2v) is 4.22.